The van der Waals surface area contributed by atoms with Gasteiger partial charge in [-0.2, -0.15) is 0 Å². The lowest BCUT2D eigenvalue weighted by Crippen LogP contribution is -2.38. The Hall–Kier alpha value is -1.09. The standard InChI is InChI=1S/C16H25NO2/c1-13-4-6-16(2,3)14(12-13)15(5-9-18)17-7-10-19-11-8-17/h5,9,12-13H,4,6-8,10-11H2,1-3H3. The molecular weight excluding hydrogens is 238 g/mol. The van der Waals surface area contributed by atoms with Gasteiger partial charge in [0, 0.05) is 24.9 Å². The lowest BCUT2D eigenvalue weighted by Gasteiger charge is -2.40. The number of nitrogens with zero attached hydrogens (tertiary/aromatic N) is 1. The Morgan fingerprint density at radius 3 is 2.74 bits per heavy atom. The summed E-state index contributed by atoms with van der Waals surface area (Å²) < 4.78 is 5.41. The molecule has 2 rings (SSSR count). The Labute approximate surface area is 116 Å². The lowest BCUT2D eigenvalue weighted by molar-refractivity contribution is -0.104. The highest BCUT2D eigenvalue weighted by molar-refractivity contribution is 5.68. The Bertz CT molecular complexity index is 390. The van der Waals surface area contributed by atoms with E-state index in [1.165, 1.54) is 18.4 Å². The maximum Gasteiger partial charge on any atom is 0.144 e. The molecule has 0 amide bonds. The first-order chi connectivity index (χ1) is 9.04. The fourth-order valence-electron chi connectivity index (χ4n) is 2.98. The second kappa shape index (κ2) is 5.91. The molecule has 1 fully saturated rings. The molecule has 3 heteroatoms. The summed E-state index contributed by atoms with van der Waals surface area (Å²) in [6.07, 6.45) is 7.42. The zero-order chi connectivity index (χ0) is 13.9. The average molecular weight is 263 g/mol. The summed E-state index contributed by atoms with van der Waals surface area (Å²) >= 11 is 0. The molecule has 1 atom stereocenters. The summed E-state index contributed by atoms with van der Waals surface area (Å²) in [6, 6.07) is 0. The zero-order valence-electron chi connectivity index (χ0n) is 12.3. The molecule has 0 aromatic rings. The van der Waals surface area contributed by atoms with Gasteiger partial charge in [0.15, 0.2) is 0 Å². The molecule has 106 valence electrons. The normalized spacial score (nSPS) is 27.9. The molecular formula is C16H25NO2. The molecule has 0 aromatic carbocycles. The minimum atomic E-state index is 0.152. The first-order valence-electron chi connectivity index (χ1n) is 7.25. The molecule has 0 spiro atoms. The fraction of sp³-hybridized carbons (Fsp3) is 0.688. The molecule has 1 aliphatic carbocycles. The number of hydrogen-bond acceptors (Lipinski definition) is 3. The van der Waals surface area contributed by atoms with Crippen molar-refractivity contribution in [3.63, 3.8) is 0 Å². The van der Waals surface area contributed by atoms with E-state index in [2.05, 4.69) is 31.7 Å². The monoisotopic (exact) mass is 263 g/mol. The highest BCUT2D eigenvalue weighted by atomic mass is 16.5. The molecule has 19 heavy (non-hydrogen) atoms. The van der Waals surface area contributed by atoms with Crippen LogP contribution in [0.1, 0.15) is 33.6 Å². The van der Waals surface area contributed by atoms with Gasteiger partial charge in [-0.25, -0.2) is 0 Å². The highest BCUT2D eigenvalue weighted by Crippen LogP contribution is 2.43. The minimum Gasteiger partial charge on any atom is -0.378 e. The summed E-state index contributed by atoms with van der Waals surface area (Å²) in [5.41, 5.74) is 2.59. The summed E-state index contributed by atoms with van der Waals surface area (Å²) in [5.74, 6) is 0.596. The molecule has 1 heterocycles. The molecule has 0 N–H and O–H groups in total. The molecule has 0 bridgehead atoms. The molecule has 1 aliphatic heterocycles. The first kappa shape index (κ1) is 14.3. The van der Waals surface area contributed by atoms with Gasteiger partial charge in [0.05, 0.1) is 13.2 Å². The predicted molar refractivity (Wildman–Crippen MR) is 76.8 cm³/mol. The fourth-order valence-corrected chi connectivity index (χ4v) is 2.98. The number of carbonyl (C=O) groups is 1. The van der Waals surface area contributed by atoms with Crippen molar-refractivity contribution in [2.24, 2.45) is 11.3 Å². The van der Waals surface area contributed by atoms with E-state index >= 15 is 0 Å². The van der Waals surface area contributed by atoms with Crippen LogP contribution in [-0.2, 0) is 9.53 Å². The summed E-state index contributed by atoms with van der Waals surface area (Å²) in [7, 11) is 0. The van der Waals surface area contributed by atoms with Crippen LogP contribution >= 0.6 is 0 Å². The molecule has 0 saturated carbocycles. The van der Waals surface area contributed by atoms with Crippen molar-refractivity contribution in [2.75, 3.05) is 26.3 Å². The van der Waals surface area contributed by atoms with Gasteiger partial charge in [0.1, 0.15) is 6.29 Å². The SMILES string of the molecule is CC1C=C(C(=CC=O)N2CCOCC2)C(C)(C)CC1. The lowest BCUT2D eigenvalue weighted by atomic mass is 9.71. The van der Waals surface area contributed by atoms with E-state index in [4.69, 9.17) is 4.74 Å². The van der Waals surface area contributed by atoms with Crippen molar-refractivity contribution in [3.8, 4) is 0 Å². The maximum absolute atomic E-state index is 11.0. The molecule has 1 unspecified atom stereocenters. The minimum absolute atomic E-state index is 0.152. The number of morpholine rings is 1. The summed E-state index contributed by atoms with van der Waals surface area (Å²) in [4.78, 5) is 13.3. The van der Waals surface area contributed by atoms with E-state index in [1.807, 2.05) is 0 Å². The van der Waals surface area contributed by atoms with Crippen LogP contribution in [0.3, 0.4) is 0 Å². The molecule has 2 aliphatic rings. The number of allylic oxidation sites excluding steroid dienone is 3. The van der Waals surface area contributed by atoms with Crippen LogP contribution in [0.25, 0.3) is 0 Å². The molecule has 3 nitrogen and oxygen atoms in total. The Morgan fingerprint density at radius 1 is 1.42 bits per heavy atom. The number of aldehydes is 1. The van der Waals surface area contributed by atoms with Gasteiger partial charge in [-0.1, -0.05) is 26.8 Å². The number of ether oxygens (including phenoxy) is 1. The third-order valence-electron chi connectivity index (χ3n) is 4.26. The van der Waals surface area contributed by atoms with Gasteiger partial charge in [-0.05, 0) is 29.7 Å². The third-order valence-corrected chi connectivity index (χ3v) is 4.26. The van der Waals surface area contributed by atoms with Crippen molar-refractivity contribution in [1.82, 2.24) is 4.90 Å². The highest BCUT2D eigenvalue weighted by Gasteiger charge is 2.32. The van der Waals surface area contributed by atoms with E-state index in [-0.39, 0.29) is 5.41 Å². The van der Waals surface area contributed by atoms with Gasteiger partial charge in [0.2, 0.25) is 0 Å². The van der Waals surface area contributed by atoms with Crippen LogP contribution in [0.4, 0.5) is 0 Å². The Balaban J connectivity index is 2.32. The van der Waals surface area contributed by atoms with Crippen LogP contribution < -0.4 is 0 Å². The third kappa shape index (κ3) is 3.27. The van der Waals surface area contributed by atoms with Gasteiger partial charge < -0.3 is 9.64 Å². The van der Waals surface area contributed by atoms with Crippen LogP contribution in [0.5, 0.6) is 0 Å². The van der Waals surface area contributed by atoms with Crippen molar-refractivity contribution in [3.05, 3.63) is 23.4 Å². The van der Waals surface area contributed by atoms with Crippen LogP contribution in [0, 0.1) is 11.3 Å². The first-order valence-corrected chi connectivity index (χ1v) is 7.25. The number of rotatable bonds is 3. The van der Waals surface area contributed by atoms with E-state index in [9.17, 15) is 4.79 Å². The number of carbonyl (C=O) groups excluding carboxylic acids is 1. The van der Waals surface area contributed by atoms with Gasteiger partial charge in [0.25, 0.3) is 0 Å². The molecule has 1 saturated heterocycles. The Kier molecular flexibility index (Phi) is 4.46. The van der Waals surface area contributed by atoms with Gasteiger partial charge in [-0.15, -0.1) is 0 Å². The molecule has 0 aromatic heterocycles. The van der Waals surface area contributed by atoms with Crippen LogP contribution in [0.15, 0.2) is 23.4 Å². The topological polar surface area (TPSA) is 29.5 Å². The van der Waals surface area contributed by atoms with Gasteiger partial charge >= 0.3 is 0 Å². The predicted octanol–water partition coefficient (Wildman–Crippen LogP) is 2.78. The van der Waals surface area contributed by atoms with Gasteiger partial charge in [-0.3, -0.25) is 4.79 Å². The average Bonchev–Trinajstić information content (AvgIpc) is 2.40. The van der Waals surface area contributed by atoms with E-state index < -0.39 is 0 Å². The van der Waals surface area contributed by atoms with Crippen molar-refractivity contribution >= 4 is 6.29 Å². The second-order valence-corrected chi connectivity index (χ2v) is 6.27. The zero-order valence-corrected chi connectivity index (χ0v) is 12.3. The smallest absolute Gasteiger partial charge is 0.144 e. The summed E-state index contributed by atoms with van der Waals surface area (Å²) in [6.45, 7) is 10.1. The van der Waals surface area contributed by atoms with Crippen LogP contribution in [0.2, 0.25) is 0 Å². The Morgan fingerprint density at radius 2 is 2.11 bits per heavy atom. The van der Waals surface area contributed by atoms with E-state index in [0.717, 1.165) is 38.3 Å². The largest absolute Gasteiger partial charge is 0.378 e. The van der Waals surface area contributed by atoms with E-state index in [0.29, 0.717) is 5.92 Å². The maximum atomic E-state index is 11.0. The van der Waals surface area contributed by atoms with E-state index in [1.54, 1.807) is 6.08 Å². The van der Waals surface area contributed by atoms with Crippen molar-refractivity contribution in [1.29, 1.82) is 0 Å². The molecule has 0 radical (unpaired) electrons. The van der Waals surface area contributed by atoms with Crippen molar-refractivity contribution in [2.45, 2.75) is 33.6 Å². The second-order valence-electron chi connectivity index (χ2n) is 6.27. The quantitative estimate of drug-likeness (QED) is 0.579. The number of hydrogen-bond donors (Lipinski definition) is 0. The van der Waals surface area contributed by atoms with Crippen molar-refractivity contribution < 1.29 is 9.53 Å². The summed E-state index contributed by atoms with van der Waals surface area (Å²) in [5, 5.41) is 0. The van der Waals surface area contributed by atoms with Crippen LogP contribution in [-0.4, -0.2) is 37.5 Å².